The number of allylic oxidation sites excluding steroid dienone is 3. The number of ketones is 1. The zero-order valence-corrected chi connectivity index (χ0v) is 13.8. The summed E-state index contributed by atoms with van der Waals surface area (Å²) >= 11 is 0. The Morgan fingerprint density at radius 2 is 1.92 bits per heavy atom. The number of hydrazine groups is 1. The van der Waals surface area contributed by atoms with E-state index < -0.39 is 17.3 Å². The lowest BCUT2D eigenvalue weighted by Gasteiger charge is -2.27. The highest BCUT2D eigenvalue weighted by Crippen LogP contribution is 2.30. The Balaban J connectivity index is 1.87. The lowest BCUT2D eigenvalue weighted by molar-refractivity contribution is -0.114. The molecule has 1 N–H and O–H groups in total. The number of amides is 1. The van der Waals surface area contributed by atoms with E-state index in [2.05, 4.69) is 5.43 Å². The molecule has 1 aliphatic carbocycles. The van der Waals surface area contributed by atoms with Crippen LogP contribution in [0.4, 0.5) is 14.5 Å². The van der Waals surface area contributed by atoms with Crippen LogP contribution in [0.1, 0.15) is 20.3 Å². The van der Waals surface area contributed by atoms with Crippen LogP contribution in [0.25, 0.3) is 0 Å². The fourth-order valence-corrected chi connectivity index (χ4v) is 2.89. The molecule has 0 bridgehead atoms. The molecule has 0 spiro atoms. The SMILES string of the molecule is CC1=C(C)C(N2CC(N(C=O)c3c(F)cccc3F)=CN2)=CC(=O)C1. The predicted octanol–water partition coefficient (Wildman–Crippen LogP) is 2.78. The largest absolute Gasteiger partial charge is 0.303 e. The second-order valence-electron chi connectivity index (χ2n) is 5.97. The zero-order chi connectivity index (χ0) is 18.1. The van der Waals surface area contributed by atoms with Crippen molar-refractivity contribution < 1.29 is 18.4 Å². The molecule has 1 aliphatic heterocycles. The van der Waals surface area contributed by atoms with E-state index in [0.717, 1.165) is 28.2 Å². The van der Waals surface area contributed by atoms with Gasteiger partial charge < -0.3 is 5.43 Å². The van der Waals surface area contributed by atoms with Crippen molar-refractivity contribution in [2.24, 2.45) is 0 Å². The number of para-hydroxylation sites is 1. The molecule has 1 heterocycles. The van der Waals surface area contributed by atoms with Crippen LogP contribution in [-0.2, 0) is 9.59 Å². The van der Waals surface area contributed by atoms with E-state index in [-0.39, 0.29) is 12.3 Å². The monoisotopic (exact) mass is 345 g/mol. The number of benzene rings is 1. The fraction of sp³-hybridized carbons (Fsp3) is 0.222. The van der Waals surface area contributed by atoms with Crippen molar-refractivity contribution in [2.45, 2.75) is 20.3 Å². The van der Waals surface area contributed by atoms with Gasteiger partial charge in [-0.15, -0.1) is 0 Å². The lowest BCUT2D eigenvalue weighted by Crippen LogP contribution is -2.34. The minimum Gasteiger partial charge on any atom is -0.303 e. The average Bonchev–Trinajstić information content (AvgIpc) is 3.04. The molecule has 0 saturated heterocycles. The second-order valence-corrected chi connectivity index (χ2v) is 5.97. The van der Waals surface area contributed by atoms with Gasteiger partial charge in [-0.25, -0.2) is 8.78 Å². The van der Waals surface area contributed by atoms with Gasteiger partial charge in [-0.3, -0.25) is 19.5 Å². The molecule has 0 fully saturated rings. The molecule has 0 atom stereocenters. The Hall–Kier alpha value is -2.96. The third-order valence-corrected chi connectivity index (χ3v) is 4.35. The number of anilines is 1. The number of nitrogens with zero attached hydrogens (tertiary/aromatic N) is 2. The van der Waals surface area contributed by atoms with Crippen LogP contribution in [0, 0.1) is 11.6 Å². The molecular weight excluding hydrogens is 328 g/mol. The van der Waals surface area contributed by atoms with Gasteiger partial charge in [0.15, 0.2) is 5.78 Å². The maximum Gasteiger partial charge on any atom is 0.218 e. The number of hydrogen-bond acceptors (Lipinski definition) is 4. The fourth-order valence-electron chi connectivity index (χ4n) is 2.89. The molecule has 0 unspecified atom stereocenters. The summed E-state index contributed by atoms with van der Waals surface area (Å²) in [6, 6.07) is 3.42. The maximum atomic E-state index is 14.0. The van der Waals surface area contributed by atoms with Crippen LogP contribution in [0.2, 0.25) is 0 Å². The number of hydrogen-bond donors (Lipinski definition) is 1. The van der Waals surface area contributed by atoms with Crippen molar-refractivity contribution >= 4 is 17.9 Å². The van der Waals surface area contributed by atoms with Crippen molar-refractivity contribution in [3.8, 4) is 0 Å². The van der Waals surface area contributed by atoms with Gasteiger partial charge in [-0.1, -0.05) is 11.6 Å². The first kappa shape index (κ1) is 16.9. The third kappa shape index (κ3) is 3.05. The van der Waals surface area contributed by atoms with Crippen molar-refractivity contribution in [1.82, 2.24) is 10.4 Å². The Morgan fingerprint density at radius 1 is 1.24 bits per heavy atom. The van der Waals surface area contributed by atoms with Gasteiger partial charge in [0.25, 0.3) is 0 Å². The summed E-state index contributed by atoms with van der Waals surface area (Å²) in [6.07, 6.45) is 3.76. The zero-order valence-electron chi connectivity index (χ0n) is 13.8. The number of nitrogens with one attached hydrogen (secondary N) is 1. The highest BCUT2D eigenvalue weighted by molar-refractivity contribution is 5.94. The van der Waals surface area contributed by atoms with Crippen molar-refractivity contribution in [3.63, 3.8) is 0 Å². The number of carbonyl (C=O) groups is 2. The molecule has 1 amide bonds. The van der Waals surface area contributed by atoms with Crippen molar-refractivity contribution in [2.75, 3.05) is 11.4 Å². The molecule has 1 aromatic carbocycles. The molecule has 25 heavy (non-hydrogen) atoms. The number of carbonyl (C=O) groups excluding carboxylic acids is 2. The van der Waals surface area contributed by atoms with Gasteiger partial charge in [-0.05, 0) is 31.6 Å². The summed E-state index contributed by atoms with van der Waals surface area (Å²) in [7, 11) is 0. The van der Waals surface area contributed by atoms with Crippen LogP contribution < -0.4 is 10.3 Å². The van der Waals surface area contributed by atoms with Crippen LogP contribution in [0.5, 0.6) is 0 Å². The quantitative estimate of drug-likeness (QED) is 0.853. The highest BCUT2D eigenvalue weighted by atomic mass is 19.1. The molecule has 2 aliphatic rings. The molecule has 0 saturated carbocycles. The summed E-state index contributed by atoms with van der Waals surface area (Å²) in [5.41, 5.74) is 5.48. The molecule has 0 aromatic heterocycles. The molecule has 3 rings (SSSR count). The maximum absolute atomic E-state index is 14.0. The normalized spacial score (nSPS) is 17.3. The van der Waals surface area contributed by atoms with E-state index in [9.17, 15) is 18.4 Å². The van der Waals surface area contributed by atoms with E-state index in [1.54, 1.807) is 5.01 Å². The first-order valence-electron chi connectivity index (χ1n) is 7.75. The Morgan fingerprint density at radius 3 is 2.56 bits per heavy atom. The van der Waals surface area contributed by atoms with Gasteiger partial charge in [0, 0.05) is 18.7 Å². The Bertz CT molecular complexity index is 822. The summed E-state index contributed by atoms with van der Waals surface area (Å²) in [6.45, 7) is 3.97. The molecule has 130 valence electrons. The van der Waals surface area contributed by atoms with E-state index >= 15 is 0 Å². The van der Waals surface area contributed by atoms with Gasteiger partial charge in [0.2, 0.25) is 6.41 Å². The van der Waals surface area contributed by atoms with Crippen LogP contribution >= 0.6 is 0 Å². The summed E-state index contributed by atoms with van der Waals surface area (Å²) in [5.74, 6) is -1.67. The van der Waals surface area contributed by atoms with Crippen LogP contribution in [0.3, 0.4) is 0 Å². The van der Waals surface area contributed by atoms with E-state index in [1.807, 2.05) is 13.8 Å². The topological polar surface area (TPSA) is 52.6 Å². The first-order valence-corrected chi connectivity index (χ1v) is 7.75. The molecule has 1 aromatic rings. The predicted molar refractivity (Wildman–Crippen MR) is 88.9 cm³/mol. The number of rotatable bonds is 4. The smallest absolute Gasteiger partial charge is 0.218 e. The van der Waals surface area contributed by atoms with Crippen molar-refractivity contribution in [3.05, 3.63) is 64.6 Å². The van der Waals surface area contributed by atoms with Gasteiger partial charge in [-0.2, -0.15) is 0 Å². The summed E-state index contributed by atoms with van der Waals surface area (Å²) < 4.78 is 28.0. The van der Waals surface area contributed by atoms with Crippen LogP contribution in [0.15, 0.2) is 53.0 Å². The van der Waals surface area contributed by atoms with Gasteiger partial charge in [0.1, 0.15) is 17.3 Å². The minimum absolute atomic E-state index is 0.0132. The van der Waals surface area contributed by atoms with Crippen LogP contribution in [-0.4, -0.2) is 23.7 Å². The minimum atomic E-state index is -0.828. The molecule has 7 heteroatoms. The summed E-state index contributed by atoms with van der Waals surface area (Å²) in [4.78, 5) is 24.2. The standard InChI is InChI=1S/C18H17F2N3O2/c1-11-6-14(25)7-17(12(11)2)23-9-13(8-21-23)22(10-24)18-15(19)4-3-5-16(18)20/h3-5,7-8,10,21H,6,9H2,1-2H3. The molecule has 0 radical (unpaired) electrons. The highest BCUT2D eigenvalue weighted by Gasteiger charge is 2.28. The van der Waals surface area contributed by atoms with E-state index in [1.165, 1.54) is 18.3 Å². The third-order valence-electron chi connectivity index (χ3n) is 4.35. The van der Waals surface area contributed by atoms with Gasteiger partial charge >= 0.3 is 0 Å². The first-order chi connectivity index (χ1) is 11.9. The second kappa shape index (κ2) is 6.51. The molecular formula is C18H17F2N3O2. The van der Waals surface area contributed by atoms with E-state index in [4.69, 9.17) is 0 Å². The average molecular weight is 345 g/mol. The van der Waals surface area contributed by atoms with E-state index in [0.29, 0.717) is 24.2 Å². The lowest BCUT2D eigenvalue weighted by atomic mass is 9.96. The molecule has 5 nitrogen and oxygen atoms in total. The summed E-state index contributed by atoms with van der Waals surface area (Å²) in [5, 5.41) is 1.67. The Labute approximate surface area is 143 Å². The number of halogens is 2. The van der Waals surface area contributed by atoms with Gasteiger partial charge in [0.05, 0.1) is 17.9 Å². The Kier molecular flexibility index (Phi) is 4.39. The van der Waals surface area contributed by atoms with Crippen molar-refractivity contribution in [1.29, 1.82) is 0 Å².